The molecule has 0 heterocycles. The maximum atomic E-state index is 13.2. The summed E-state index contributed by atoms with van der Waals surface area (Å²) in [6.45, 7) is 2.16. The molecular formula is C26H33ClN2O3S. The van der Waals surface area contributed by atoms with Crippen molar-refractivity contribution in [1.29, 1.82) is 0 Å². The van der Waals surface area contributed by atoms with Gasteiger partial charge >= 0.3 is 0 Å². The number of thioether (sulfide) groups is 1. The van der Waals surface area contributed by atoms with Crippen LogP contribution in [-0.2, 0) is 21.9 Å². The number of hydrogen-bond acceptors (Lipinski definition) is 4. The number of ether oxygens (including phenoxy) is 1. The van der Waals surface area contributed by atoms with Gasteiger partial charge in [0, 0.05) is 23.4 Å². The van der Waals surface area contributed by atoms with Crippen molar-refractivity contribution in [2.75, 3.05) is 12.9 Å². The molecule has 0 aliphatic heterocycles. The van der Waals surface area contributed by atoms with Gasteiger partial charge in [-0.25, -0.2) is 0 Å². The fourth-order valence-corrected chi connectivity index (χ4v) is 5.13. The molecule has 178 valence electrons. The van der Waals surface area contributed by atoms with E-state index < -0.39 is 6.04 Å². The number of halogens is 1. The highest BCUT2D eigenvalue weighted by atomic mass is 35.5. The number of carbonyl (C=O) groups excluding carboxylic acids is 2. The zero-order chi connectivity index (χ0) is 23.6. The Morgan fingerprint density at radius 3 is 2.52 bits per heavy atom. The number of methoxy groups -OCH3 is 1. The van der Waals surface area contributed by atoms with Gasteiger partial charge in [0.05, 0.1) is 12.9 Å². The van der Waals surface area contributed by atoms with Crippen molar-refractivity contribution < 1.29 is 14.3 Å². The molecule has 0 saturated heterocycles. The lowest BCUT2D eigenvalue weighted by Gasteiger charge is -2.31. The molecule has 2 amide bonds. The molecule has 1 saturated carbocycles. The Kier molecular flexibility index (Phi) is 9.95. The number of rotatable bonds is 10. The third kappa shape index (κ3) is 7.97. The van der Waals surface area contributed by atoms with Crippen molar-refractivity contribution in [3.63, 3.8) is 0 Å². The first-order chi connectivity index (χ1) is 16.0. The van der Waals surface area contributed by atoms with Gasteiger partial charge in [0.25, 0.3) is 0 Å². The van der Waals surface area contributed by atoms with E-state index in [1.165, 1.54) is 6.42 Å². The van der Waals surface area contributed by atoms with Crippen LogP contribution in [0.2, 0.25) is 5.02 Å². The van der Waals surface area contributed by atoms with Crippen LogP contribution in [-0.4, -0.2) is 41.7 Å². The molecule has 1 N–H and O–H groups in total. The summed E-state index contributed by atoms with van der Waals surface area (Å²) in [7, 11) is 1.64. The quantitative estimate of drug-likeness (QED) is 0.483. The second kappa shape index (κ2) is 12.9. The fourth-order valence-electron chi connectivity index (χ4n) is 4.04. The largest absolute Gasteiger partial charge is 0.497 e. The first kappa shape index (κ1) is 25.4. The molecule has 7 heteroatoms. The molecule has 1 aliphatic rings. The van der Waals surface area contributed by atoms with Crippen LogP contribution in [0.5, 0.6) is 5.75 Å². The lowest BCUT2D eigenvalue weighted by Crippen LogP contribution is -2.50. The van der Waals surface area contributed by atoms with Crippen molar-refractivity contribution in [3.05, 3.63) is 64.7 Å². The highest BCUT2D eigenvalue weighted by Gasteiger charge is 2.28. The highest BCUT2D eigenvalue weighted by molar-refractivity contribution is 7.99. The van der Waals surface area contributed by atoms with Gasteiger partial charge in [0.15, 0.2) is 0 Å². The Hall–Kier alpha value is -2.18. The summed E-state index contributed by atoms with van der Waals surface area (Å²) in [6.07, 6.45) is 5.54. The van der Waals surface area contributed by atoms with Crippen molar-refractivity contribution in [2.45, 2.75) is 63.4 Å². The molecule has 1 aliphatic carbocycles. The minimum Gasteiger partial charge on any atom is -0.497 e. The topological polar surface area (TPSA) is 58.6 Å². The third-order valence-electron chi connectivity index (χ3n) is 6.01. The van der Waals surface area contributed by atoms with Gasteiger partial charge in [-0.05, 0) is 55.2 Å². The van der Waals surface area contributed by atoms with Gasteiger partial charge in [-0.1, -0.05) is 55.1 Å². The van der Waals surface area contributed by atoms with Gasteiger partial charge in [0.2, 0.25) is 11.8 Å². The van der Waals surface area contributed by atoms with Crippen LogP contribution in [0.3, 0.4) is 0 Å². The molecule has 0 bridgehead atoms. The molecule has 1 atom stereocenters. The van der Waals surface area contributed by atoms with Gasteiger partial charge in [-0.3, -0.25) is 9.59 Å². The van der Waals surface area contributed by atoms with Crippen molar-refractivity contribution >= 4 is 35.2 Å². The minimum absolute atomic E-state index is 0.0558. The van der Waals surface area contributed by atoms with Crippen LogP contribution in [0, 0.1) is 0 Å². The first-order valence-corrected chi connectivity index (χ1v) is 13.0. The summed E-state index contributed by atoms with van der Waals surface area (Å²) in [5, 5.41) is 3.78. The molecule has 0 radical (unpaired) electrons. The number of carbonyl (C=O) groups is 2. The van der Waals surface area contributed by atoms with E-state index in [-0.39, 0.29) is 17.9 Å². The zero-order valence-corrected chi connectivity index (χ0v) is 21.0. The number of benzene rings is 2. The Bertz CT molecular complexity index is 916. The van der Waals surface area contributed by atoms with Crippen molar-refractivity contribution in [2.24, 2.45) is 0 Å². The average Bonchev–Trinajstić information content (AvgIpc) is 2.83. The van der Waals surface area contributed by atoms with E-state index in [1.807, 2.05) is 49.4 Å². The average molecular weight is 489 g/mol. The van der Waals surface area contributed by atoms with Crippen LogP contribution in [0.1, 0.15) is 50.2 Å². The van der Waals surface area contributed by atoms with E-state index >= 15 is 0 Å². The third-order valence-corrected chi connectivity index (χ3v) is 7.24. The predicted octanol–water partition coefficient (Wildman–Crippen LogP) is 5.45. The lowest BCUT2D eigenvalue weighted by molar-refractivity contribution is -0.139. The molecule has 0 aromatic heterocycles. The number of hydrogen-bond donors (Lipinski definition) is 1. The van der Waals surface area contributed by atoms with Gasteiger partial charge < -0.3 is 15.0 Å². The Morgan fingerprint density at radius 2 is 1.85 bits per heavy atom. The summed E-state index contributed by atoms with van der Waals surface area (Å²) in [6, 6.07) is 14.9. The van der Waals surface area contributed by atoms with Crippen LogP contribution in [0.4, 0.5) is 0 Å². The minimum atomic E-state index is -0.556. The predicted molar refractivity (Wildman–Crippen MR) is 136 cm³/mol. The molecule has 3 rings (SSSR count). The summed E-state index contributed by atoms with van der Waals surface area (Å²) in [5.41, 5.74) is 2.03. The lowest BCUT2D eigenvalue weighted by atomic mass is 9.95. The fraction of sp³-hybridized carbons (Fsp3) is 0.462. The van der Waals surface area contributed by atoms with Gasteiger partial charge in [0.1, 0.15) is 11.8 Å². The summed E-state index contributed by atoms with van der Waals surface area (Å²) in [5.74, 6) is 1.68. The summed E-state index contributed by atoms with van der Waals surface area (Å²) < 4.78 is 5.20. The van der Waals surface area contributed by atoms with E-state index in [9.17, 15) is 9.59 Å². The standard InChI is InChI=1S/C26H33ClN2O3S/c1-19(26(31)28-23-9-4-3-5-10-23)29(16-21-7-6-8-22(27)15-21)25(30)18-33-17-20-11-13-24(32-2)14-12-20/h6-8,11-15,19,23H,3-5,9-10,16-18H2,1-2H3,(H,28,31)/t19-/m1/s1. The Labute approximate surface area is 206 Å². The number of nitrogens with one attached hydrogen (secondary N) is 1. The van der Waals surface area contributed by atoms with Crippen LogP contribution < -0.4 is 10.1 Å². The monoisotopic (exact) mass is 488 g/mol. The van der Waals surface area contributed by atoms with E-state index in [4.69, 9.17) is 16.3 Å². The molecule has 0 unspecified atom stereocenters. The molecule has 33 heavy (non-hydrogen) atoms. The second-order valence-corrected chi connectivity index (χ2v) is 9.93. The van der Waals surface area contributed by atoms with E-state index in [0.717, 1.165) is 42.6 Å². The smallest absolute Gasteiger partial charge is 0.242 e. The van der Waals surface area contributed by atoms with E-state index in [2.05, 4.69) is 5.32 Å². The van der Waals surface area contributed by atoms with Crippen LogP contribution >= 0.6 is 23.4 Å². The van der Waals surface area contributed by atoms with E-state index in [0.29, 0.717) is 23.1 Å². The number of nitrogens with zero attached hydrogens (tertiary/aromatic N) is 1. The number of amides is 2. The molecule has 2 aromatic carbocycles. The SMILES string of the molecule is COc1ccc(CSCC(=O)N(Cc2cccc(Cl)c2)[C@H](C)C(=O)NC2CCCCC2)cc1. The molecule has 2 aromatic rings. The van der Waals surface area contributed by atoms with Crippen LogP contribution in [0.15, 0.2) is 48.5 Å². The van der Waals surface area contributed by atoms with Crippen molar-refractivity contribution in [1.82, 2.24) is 10.2 Å². The first-order valence-electron chi connectivity index (χ1n) is 11.5. The maximum absolute atomic E-state index is 13.2. The Balaban J connectivity index is 1.63. The summed E-state index contributed by atoms with van der Waals surface area (Å²) in [4.78, 5) is 27.9. The normalized spacial score (nSPS) is 15.0. The maximum Gasteiger partial charge on any atom is 0.242 e. The van der Waals surface area contributed by atoms with Crippen LogP contribution in [0.25, 0.3) is 0 Å². The molecular weight excluding hydrogens is 456 g/mol. The molecule has 0 spiro atoms. The van der Waals surface area contributed by atoms with Crippen molar-refractivity contribution in [3.8, 4) is 5.75 Å². The Morgan fingerprint density at radius 1 is 1.12 bits per heavy atom. The molecule has 1 fully saturated rings. The second-order valence-electron chi connectivity index (χ2n) is 8.51. The molecule has 5 nitrogen and oxygen atoms in total. The zero-order valence-electron chi connectivity index (χ0n) is 19.4. The van der Waals surface area contributed by atoms with E-state index in [1.54, 1.807) is 29.8 Å². The highest BCUT2D eigenvalue weighted by Crippen LogP contribution is 2.21. The van der Waals surface area contributed by atoms with Gasteiger partial charge in [-0.2, -0.15) is 0 Å². The summed E-state index contributed by atoms with van der Waals surface area (Å²) >= 11 is 7.70. The van der Waals surface area contributed by atoms with Gasteiger partial charge in [-0.15, -0.1) is 11.8 Å².